The second kappa shape index (κ2) is 8.28. The number of esters is 1. The molecule has 0 aromatic heterocycles. The van der Waals surface area contributed by atoms with Gasteiger partial charge in [-0.3, -0.25) is 4.79 Å². The topological polar surface area (TPSA) is 64.6 Å². The van der Waals surface area contributed by atoms with Crippen molar-refractivity contribution < 1.29 is 23.5 Å². The molecule has 0 atom stereocenters. The van der Waals surface area contributed by atoms with E-state index in [2.05, 4.69) is 23.9 Å². The Balaban J connectivity index is 1.97. The van der Waals surface area contributed by atoms with Crippen LogP contribution in [0.5, 0.6) is 5.75 Å². The molecule has 0 heterocycles. The van der Waals surface area contributed by atoms with Gasteiger partial charge in [-0.2, -0.15) is 0 Å². The molecule has 0 aliphatic rings. The number of hydrogen-bond acceptors (Lipinski definition) is 4. The maximum atomic E-state index is 13.8. The molecule has 0 aliphatic heterocycles. The molecule has 1 amide bonds. The molecular formula is C19H20FNO4. The van der Waals surface area contributed by atoms with Crippen LogP contribution >= 0.6 is 0 Å². The van der Waals surface area contributed by atoms with E-state index < -0.39 is 17.7 Å². The summed E-state index contributed by atoms with van der Waals surface area (Å²) in [7, 11) is 1.22. The number of rotatable bonds is 6. The van der Waals surface area contributed by atoms with Crippen LogP contribution in [0.1, 0.15) is 35.7 Å². The van der Waals surface area contributed by atoms with Gasteiger partial charge < -0.3 is 14.8 Å². The van der Waals surface area contributed by atoms with E-state index in [0.29, 0.717) is 11.7 Å². The number of ether oxygens (including phenoxy) is 2. The molecule has 2 aromatic carbocycles. The van der Waals surface area contributed by atoms with Crippen LogP contribution in [-0.4, -0.2) is 25.6 Å². The third kappa shape index (κ3) is 5.04. The fourth-order valence-corrected chi connectivity index (χ4v) is 2.15. The predicted molar refractivity (Wildman–Crippen MR) is 92.4 cm³/mol. The summed E-state index contributed by atoms with van der Waals surface area (Å²) in [5.41, 5.74) is 1.20. The van der Waals surface area contributed by atoms with E-state index in [4.69, 9.17) is 4.74 Å². The van der Waals surface area contributed by atoms with Crippen LogP contribution in [0.15, 0.2) is 42.5 Å². The first kappa shape index (κ1) is 18.4. The summed E-state index contributed by atoms with van der Waals surface area (Å²) in [6, 6.07) is 11.0. The third-order valence-electron chi connectivity index (χ3n) is 3.58. The fraction of sp³-hybridized carbons (Fsp3) is 0.263. The van der Waals surface area contributed by atoms with Gasteiger partial charge in [-0.05, 0) is 41.8 Å². The number of carbonyl (C=O) groups is 2. The average Bonchev–Trinajstić information content (AvgIpc) is 2.61. The van der Waals surface area contributed by atoms with Crippen LogP contribution in [0.3, 0.4) is 0 Å². The molecule has 0 saturated carbocycles. The molecule has 132 valence electrons. The van der Waals surface area contributed by atoms with Crippen LogP contribution in [0, 0.1) is 5.82 Å². The quantitative estimate of drug-likeness (QED) is 0.810. The van der Waals surface area contributed by atoms with Crippen molar-refractivity contribution >= 4 is 17.6 Å². The monoisotopic (exact) mass is 345 g/mol. The molecule has 2 aromatic rings. The van der Waals surface area contributed by atoms with E-state index in [9.17, 15) is 14.0 Å². The van der Waals surface area contributed by atoms with Gasteiger partial charge in [0.25, 0.3) is 5.91 Å². The molecule has 1 N–H and O–H groups in total. The van der Waals surface area contributed by atoms with Gasteiger partial charge in [0.1, 0.15) is 11.6 Å². The standard InChI is InChI=1S/C19H20FNO4/c1-12(2)13-4-7-15(8-5-13)25-11-18(22)21-17-10-14(19(23)24-3)6-9-16(17)20/h4-10,12H,11H2,1-3H3,(H,21,22). The zero-order valence-corrected chi connectivity index (χ0v) is 14.3. The van der Waals surface area contributed by atoms with Crippen LogP contribution < -0.4 is 10.1 Å². The van der Waals surface area contributed by atoms with Gasteiger partial charge in [-0.1, -0.05) is 26.0 Å². The smallest absolute Gasteiger partial charge is 0.337 e. The minimum atomic E-state index is -0.651. The van der Waals surface area contributed by atoms with E-state index in [1.807, 2.05) is 12.1 Å². The average molecular weight is 345 g/mol. The molecular weight excluding hydrogens is 325 g/mol. The van der Waals surface area contributed by atoms with Gasteiger partial charge >= 0.3 is 5.97 Å². The lowest BCUT2D eigenvalue weighted by molar-refractivity contribution is -0.118. The second-order valence-electron chi connectivity index (χ2n) is 5.75. The summed E-state index contributed by atoms with van der Waals surface area (Å²) in [6.07, 6.45) is 0. The van der Waals surface area contributed by atoms with Gasteiger partial charge in [0, 0.05) is 0 Å². The molecule has 6 heteroatoms. The molecule has 0 saturated heterocycles. The number of anilines is 1. The largest absolute Gasteiger partial charge is 0.484 e. The molecule has 0 unspecified atom stereocenters. The zero-order valence-electron chi connectivity index (χ0n) is 14.3. The maximum absolute atomic E-state index is 13.8. The number of benzene rings is 2. The highest BCUT2D eigenvalue weighted by Gasteiger charge is 2.12. The fourth-order valence-electron chi connectivity index (χ4n) is 2.15. The molecule has 0 aliphatic carbocycles. The first-order chi connectivity index (χ1) is 11.9. The number of carbonyl (C=O) groups excluding carboxylic acids is 2. The van der Waals surface area contributed by atoms with Crippen molar-refractivity contribution in [2.45, 2.75) is 19.8 Å². The molecule has 0 spiro atoms. The SMILES string of the molecule is COC(=O)c1ccc(F)c(NC(=O)COc2ccc(C(C)C)cc2)c1. The number of amides is 1. The Morgan fingerprint density at radius 2 is 1.80 bits per heavy atom. The Labute approximate surface area is 145 Å². The highest BCUT2D eigenvalue weighted by molar-refractivity contribution is 5.95. The van der Waals surface area contributed by atoms with Crippen LogP contribution in [0.25, 0.3) is 0 Å². The van der Waals surface area contributed by atoms with Crippen molar-refractivity contribution in [2.24, 2.45) is 0 Å². The Morgan fingerprint density at radius 1 is 1.12 bits per heavy atom. The number of methoxy groups -OCH3 is 1. The molecule has 0 bridgehead atoms. The molecule has 5 nitrogen and oxygen atoms in total. The summed E-state index contributed by atoms with van der Waals surface area (Å²) in [5.74, 6) is -0.848. The van der Waals surface area contributed by atoms with Crippen molar-refractivity contribution in [2.75, 3.05) is 19.0 Å². The summed E-state index contributed by atoms with van der Waals surface area (Å²) in [5, 5.41) is 2.38. The van der Waals surface area contributed by atoms with Crippen LogP contribution in [0.2, 0.25) is 0 Å². The Bertz CT molecular complexity index is 757. The molecule has 0 radical (unpaired) electrons. The maximum Gasteiger partial charge on any atom is 0.337 e. The lowest BCUT2D eigenvalue weighted by atomic mass is 10.0. The van der Waals surface area contributed by atoms with E-state index in [0.717, 1.165) is 6.07 Å². The van der Waals surface area contributed by atoms with E-state index in [1.165, 1.54) is 24.8 Å². The van der Waals surface area contributed by atoms with E-state index in [-0.39, 0.29) is 17.9 Å². The summed E-state index contributed by atoms with van der Waals surface area (Å²) in [6.45, 7) is 3.89. The van der Waals surface area contributed by atoms with Crippen molar-refractivity contribution in [3.8, 4) is 5.75 Å². The van der Waals surface area contributed by atoms with Gasteiger partial charge in [-0.25, -0.2) is 9.18 Å². The van der Waals surface area contributed by atoms with Crippen LogP contribution in [-0.2, 0) is 9.53 Å². The van der Waals surface area contributed by atoms with Crippen molar-refractivity contribution in [3.63, 3.8) is 0 Å². The molecule has 0 fully saturated rings. The third-order valence-corrected chi connectivity index (χ3v) is 3.58. The Kier molecular flexibility index (Phi) is 6.11. The zero-order chi connectivity index (χ0) is 18.4. The minimum absolute atomic E-state index is 0.105. The highest BCUT2D eigenvalue weighted by atomic mass is 19.1. The summed E-state index contributed by atoms with van der Waals surface area (Å²) in [4.78, 5) is 23.4. The number of halogens is 1. The van der Waals surface area contributed by atoms with Gasteiger partial charge in [-0.15, -0.1) is 0 Å². The predicted octanol–water partition coefficient (Wildman–Crippen LogP) is 3.75. The van der Waals surface area contributed by atoms with Gasteiger partial charge in [0.05, 0.1) is 18.4 Å². The number of hydrogen-bond donors (Lipinski definition) is 1. The highest BCUT2D eigenvalue weighted by Crippen LogP contribution is 2.19. The number of nitrogens with one attached hydrogen (secondary N) is 1. The van der Waals surface area contributed by atoms with Crippen molar-refractivity contribution in [3.05, 3.63) is 59.4 Å². The summed E-state index contributed by atoms with van der Waals surface area (Å²) >= 11 is 0. The first-order valence-electron chi connectivity index (χ1n) is 7.81. The van der Waals surface area contributed by atoms with Gasteiger partial charge in [0.15, 0.2) is 6.61 Å². The van der Waals surface area contributed by atoms with E-state index >= 15 is 0 Å². The normalized spacial score (nSPS) is 10.4. The Hall–Kier alpha value is -2.89. The lowest BCUT2D eigenvalue weighted by Crippen LogP contribution is -2.21. The first-order valence-corrected chi connectivity index (χ1v) is 7.81. The van der Waals surface area contributed by atoms with Crippen LogP contribution in [0.4, 0.5) is 10.1 Å². The minimum Gasteiger partial charge on any atom is -0.484 e. The lowest BCUT2D eigenvalue weighted by Gasteiger charge is -2.10. The molecule has 25 heavy (non-hydrogen) atoms. The van der Waals surface area contributed by atoms with Crippen molar-refractivity contribution in [1.29, 1.82) is 0 Å². The Morgan fingerprint density at radius 3 is 2.40 bits per heavy atom. The molecule has 2 rings (SSSR count). The van der Waals surface area contributed by atoms with E-state index in [1.54, 1.807) is 12.1 Å². The van der Waals surface area contributed by atoms with Gasteiger partial charge in [0.2, 0.25) is 0 Å². The van der Waals surface area contributed by atoms with Crippen molar-refractivity contribution in [1.82, 2.24) is 0 Å². The summed E-state index contributed by atoms with van der Waals surface area (Å²) < 4.78 is 23.7. The second-order valence-corrected chi connectivity index (χ2v) is 5.75.